The first-order chi connectivity index (χ1) is 15.2. The molecule has 1 aromatic heterocycles. The standard InChI is InChI=1S/C25H29N3O3/c1-31-23-11-5-2-7-19(23)16-27-25(30)20-8-6-14-28(17-20)24(29)13-12-18-15-26-22-10-4-3-9-21(18)22/h2-5,7,9-11,15,20,26H,6,8,12-14,16-17H2,1H3,(H,27,30). The molecule has 1 atom stereocenters. The van der Waals surface area contributed by atoms with Crippen LogP contribution in [0.1, 0.15) is 30.4 Å². The number of carbonyl (C=O) groups excluding carboxylic acids is 2. The predicted octanol–water partition coefficient (Wildman–Crippen LogP) is 3.66. The number of hydrogen-bond acceptors (Lipinski definition) is 3. The van der Waals surface area contributed by atoms with E-state index in [-0.39, 0.29) is 17.7 Å². The Morgan fingerprint density at radius 2 is 1.94 bits per heavy atom. The van der Waals surface area contributed by atoms with E-state index in [2.05, 4.69) is 16.4 Å². The maximum absolute atomic E-state index is 12.8. The third-order valence-electron chi connectivity index (χ3n) is 6.07. The van der Waals surface area contributed by atoms with Gasteiger partial charge >= 0.3 is 0 Å². The van der Waals surface area contributed by atoms with E-state index in [9.17, 15) is 9.59 Å². The fourth-order valence-electron chi connectivity index (χ4n) is 4.33. The van der Waals surface area contributed by atoms with Crippen LogP contribution in [-0.4, -0.2) is 41.9 Å². The topological polar surface area (TPSA) is 74.4 Å². The number of para-hydroxylation sites is 2. The number of piperidine rings is 1. The Balaban J connectivity index is 1.30. The second-order valence-corrected chi connectivity index (χ2v) is 8.07. The molecule has 0 bridgehead atoms. The number of nitrogens with one attached hydrogen (secondary N) is 2. The molecular weight excluding hydrogens is 390 g/mol. The van der Waals surface area contributed by atoms with Crippen LogP contribution in [0, 0.1) is 5.92 Å². The minimum absolute atomic E-state index is 0.0000322. The third-order valence-corrected chi connectivity index (χ3v) is 6.07. The lowest BCUT2D eigenvalue weighted by molar-refractivity contribution is -0.135. The number of aryl methyl sites for hydroxylation is 1. The molecule has 0 spiro atoms. The van der Waals surface area contributed by atoms with E-state index in [1.165, 1.54) is 5.39 Å². The highest BCUT2D eigenvalue weighted by molar-refractivity contribution is 5.84. The molecule has 2 aromatic carbocycles. The summed E-state index contributed by atoms with van der Waals surface area (Å²) in [5, 5.41) is 4.19. The van der Waals surface area contributed by atoms with Crippen LogP contribution in [0.15, 0.2) is 54.7 Å². The zero-order chi connectivity index (χ0) is 21.6. The van der Waals surface area contributed by atoms with Gasteiger partial charge in [0.25, 0.3) is 0 Å². The SMILES string of the molecule is COc1ccccc1CNC(=O)C1CCCN(C(=O)CCc2c[nH]c3ccccc23)C1. The van der Waals surface area contributed by atoms with Gasteiger partial charge in [-0.05, 0) is 37.0 Å². The number of likely N-dealkylation sites (tertiary alicyclic amines) is 1. The van der Waals surface area contributed by atoms with Crippen molar-refractivity contribution in [2.75, 3.05) is 20.2 Å². The molecule has 2 amide bonds. The number of ether oxygens (including phenoxy) is 1. The van der Waals surface area contributed by atoms with Gasteiger partial charge in [0.1, 0.15) is 5.75 Å². The molecule has 1 aliphatic rings. The zero-order valence-corrected chi connectivity index (χ0v) is 17.9. The highest BCUT2D eigenvalue weighted by Crippen LogP contribution is 2.22. The van der Waals surface area contributed by atoms with Crippen molar-refractivity contribution in [3.63, 3.8) is 0 Å². The van der Waals surface area contributed by atoms with Gasteiger partial charge in [-0.3, -0.25) is 9.59 Å². The summed E-state index contributed by atoms with van der Waals surface area (Å²) in [6.45, 7) is 1.64. The van der Waals surface area contributed by atoms with Gasteiger partial charge in [0, 0.05) is 48.7 Å². The smallest absolute Gasteiger partial charge is 0.225 e. The van der Waals surface area contributed by atoms with Crippen molar-refractivity contribution in [3.8, 4) is 5.75 Å². The average molecular weight is 420 g/mol. The number of hydrogen-bond donors (Lipinski definition) is 2. The Morgan fingerprint density at radius 1 is 1.13 bits per heavy atom. The predicted molar refractivity (Wildman–Crippen MR) is 121 cm³/mol. The van der Waals surface area contributed by atoms with Gasteiger partial charge in [-0.2, -0.15) is 0 Å². The van der Waals surface area contributed by atoms with Gasteiger partial charge in [-0.15, -0.1) is 0 Å². The molecule has 31 heavy (non-hydrogen) atoms. The molecule has 1 saturated heterocycles. The van der Waals surface area contributed by atoms with Crippen LogP contribution in [0.3, 0.4) is 0 Å². The zero-order valence-electron chi connectivity index (χ0n) is 17.9. The van der Waals surface area contributed by atoms with Gasteiger partial charge < -0.3 is 19.9 Å². The van der Waals surface area contributed by atoms with E-state index >= 15 is 0 Å². The van der Waals surface area contributed by atoms with Crippen molar-refractivity contribution < 1.29 is 14.3 Å². The maximum atomic E-state index is 12.8. The number of aromatic amines is 1. The summed E-state index contributed by atoms with van der Waals surface area (Å²) in [4.78, 5) is 30.7. The third kappa shape index (κ3) is 4.90. The highest BCUT2D eigenvalue weighted by atomic mass is 16.5. The quantitative estimate of drug-likeness (QED) is 0.614. The normalized spacial score (nSPS) is 16.3. The van der Waals surface area contributed by atoms with E-state index < -0.39 is 0 Å². The van der Waals surface area contributed by atoms with Crippen LogP contribution in [0.2, 0.25) is 0 Å². The average Bonchev–Trinajstić information content (AvgIpc) is 3.24. The Hall–Kier alpha value is -3.28. The number of amides is 2. The Labute approximate surface area is 182 Å². The molecule has 6 nitrogen and oxygen atoms in total. The van der Waals surface area contributed by atoms with Crippen molar-refractivity contribution in [2.24, 2.45) is 5.92 Å². The number of aromatic nitrogens is 1. The summed E-state index contributed by atoms with van der Waals surface area (Å²) < 4.78 is 5.35. The summed E-state index contributed by atoms with van der Waals surface area (Å²) in [6.07, 6.45) is 4.80. The molecule has 0 saturated carbocycles. The molecule has 0 radical (unpaired) electrons. The number of rotatable bonds is 7. The summed E-state index contributed by atoms with van der Waals surface area (Å²) >= 11 is 0. The molecule has 2 heterocycles. The van der Waals surface area contributed by atoms with Crippen LogP contribution < -0.4 is 10.1 Å². The van der Waals surface area contributed by atoms with Crippen molar-refractivity contribution in [3.05, 3.63) is 65.9 Å². The number of H-pyrrole nitrogens is 1. The van der Waals surface area contributed by atoms with Crippen molar-refractivity contribution in [1.82, 2.24) is 15.2 Å². The number of fused-ring (bicyclic) bond motifs is 1. The van der Waals surface area contributed by atoms with Gasteiger partial charge in [-0.1, -0.05) is 36.4 Å². The van der Waals surface area contributed by atoms with Crippen molar-refractivity contribution >= 4 is 22.7 Å². The summed E-state index contributed by atoms with van der Waals surface area (Å²) in [6, 6.07) is 15.8. The largest absolute Gasteiger partial charge is 0.496 e. The van der Waals surface area contributed by atoms with Gasteiger partial charge in [0.15, 0.2) is 0 Å². The van der Waals surface area contributed by atoms with E-state index in [0.717, 1.165) is 41.8 Å². The molecule has 1 aliphatic heterocycles. The lowest BCUT2D eigenvalue weighted by atomic mass is 9.96. The van der Waals surface area contributed by atoms with E-state index in [1.807, 2.05) is 53.6 Å². The van der Waals surface area contributed by atoms with Crippen molar-refractivity contribution in [2.45, 2.75) is 32.2 Å². The fraction of sp³-hybridized carbons (Fsp3) is 0.360. The molecule has 1 unspecified atom stereocenters. The molecule has 6 heteroatoms. The number of carbonyl (C=O) groups is 2. The second-order valence-electron chi connectivity index (χ2n) is 8.07. The van der Waals surface area contributed by atoms with Crippen LogP contribution >= 0.6 is 0 Å². The first kappa shape index (κ1) is 21.0. The first-order valence-corrected chi connectivity index (χ1v) is 10.9. The Bertz CT molecular complexity index is 1060. The fourth-order valence-corrected chi connectivity index (χ4v) is 4.33. The minimum Gasteiger partial charge on any atom is -0.496 e. The molecular formula is C25H29N3O3. The second kappa shape index (κ2) is 9.69. The molecule has 1 fully saturated rings. The Kier molecular flexibility index (Phi) is 6.55. The number of methoxy groups -OCH3 is 1. The van der Waals surface area contributed by atoms with Gasteiger partial charge in [-0.25, -0.2) is 0 Å². The van der Waals surface area contributed by atoms with E-state index in [0.29, 0.717) is 25.9 Å². The van der Waals surface area contributed by atoms with Crippen LogP contribution in [0.5, 0.6) is 5.75 Å². The molecule has 2 N–H and O–H groups in total. The molecule has 162 valence electrons. The molecule has 3 aromatic rings. The first-order valence-electron chi connectivity index (χ1n) is 10.9. The Morgan fingerprint density at radius 3 is 2.81 bits per heavy atom. The number of benzene rings is 2. The van der Waals surface area contributed by atoms with Crippen LogP contribution in [0.4, 0.5) is 0 Å². The van der Waals surface area contributed by atoms with Gasteiger partial charge in [0.05, 0.1) is 13.0 Å². The minimum atomic E-state index is -0.166. The van der Waals surface area contributed by atoms with Gasteiger partial charge in [0.2, 0.25) is 11.8 Å². The van der Waals surface area contributed by atoms with Crippen LogP contribution in [-0.2, 0) is 22.6 Å². The van der Waals surface area contributed by atoms with Crippen molar-refractivity contribution in [1.29, 1.82) is 0 Å². The summed E-state index contributed by atoms with van der Waals surface area (Å²) in [5.41, 5.74) is 3.20. The maximum Gasteiger partial charge on any atom is 0.225 e. The van der Waals surface area contributed by atoms with E-state index in [4.69, 9.17) is 4.74 Å². The monoisotopic (exact) mass is 419 g/mol. The lowest BCUT2D eigenvalue weighted by Gasteiger charge is -2.32. The summed E-state index contributed by atoms with van der Waals surface area (Å²) in [7, 11) is 1.63. The molecule has 0 aliphatic carbocycles. The summed E-state index contributed by atoms with van der Waals surface area (Å²) in [5.74, 6) is 0.716. The molecule has 4 rings (SSSR count). The highest BCUT2D eigenvalue weighted by Gasteiger charge is 2.28. The lowest BCUT2D eigenvalue weighted by Crippen LogP contribution is -2.45. The van der Waals surface area contributed by atoms with E-state index in [1.54, 1.807) is 7.11 Å². The number of nitrogens with zero attached hydrogens (tertiary/aromatic N) is 1. The van der Waals surface area contributed by atoms with Crippen LogP contribution in [0.25, 0.3) is 10.9 Å².